The zero-order valence-corrected chi connectivity index (χ0v) is 5.38. The maximum absolute atomic E-state index is 8.27. The minimum absolute atomic E-state index is 0.104. The molecule has 0 amide bonds. The van der Waals surface area contributed by atoms with Crippen molar-refractivity contribution in [3.8, 4) is 6.07 Å². The van der Waals surface area contributed by atoms with Gasteiger partial charge in [0.25, 0.3) is 0 Å². The summed E-state index contributed by atoms with van der Waals surface area (Å²) in [6.45, 7) is 0.104. The van der Waals surface area contributed by atoms with Gasteiger partial charge in [0.05, 0.1) is 12.7 Å². The number of aliphatic hydroxyl groups is 1. The van der Waals surface area contributed by atoms with Crippen molar-refractivity contribution in [2.24, 2.45) is 0 Å². The van der Waals surface area contributed by atoms with Crippen LogP contribution in [0.3, 0.4) is 0 Å². The Morgan fingerprint density at radius 3 is 2.78 bits per heavy atom. The first-order chi connectivity index (χ1) is 4.41. The van der Waals surface area contributed by atoms with Gasteiger partial charge in [0, 0.05) is 6.42 Å². The number of nitriles is 1. The van der Waals surface area contributed by atoms with E-state index in [0.717, 1.165) is 12.8 Å². The van der Waals surface area contributed by atoms with Crippen LogP contribution in [-0.2, 0) is 0 Å². The molecule has 0 fully saturated rings. The molecule has 0 aliphatic carbocycles. The number of hydrogen-bond donors (Lipinski definition) is 1. The fourth-order valence-electron chi connectivity index (χ4n) is 0.491. The predicted octanol–water partition coefficient (Wildman–Crippen LogP) is 1.23. The first-order valence-corrected chi connectivity index (χ1v) is 3.04. The highest BCUT2D eigenvalue weighted by molar-refractivity contribution is 4.82. The molecular formula is C7H11NO. The minimum atomic E-state index is 0.104. The fourth-order valence-corrected chi connectivity index (χ4v) is 0.491. The van der Waals surface area contributed by atoms with Crippen molar-refractivity contribution in [1.29, 1.82) is 5.26 Å². The van der Waals surface area contributed by atoms with E-state index in [0.29, 0.717) is 6.42 Å². The molecule has 0 bridgehead atoms. The van der Waals surface area contributed by atoms with Crippen LogP contribution < -0.4 is 0 Å². The average Bonchev–Trinajstić information content (AvgIpc) is 1.89. The summed E-state index contributed by atoms with van der Waals surface area (Å²) in [5.41, 5.74) is 0. The lowest BCUT2D eigenvalue weighted by Gasteiger charge is -1.84. The molecule has 0 aliphatic rings. The van der Waals surface area contributed by atoms with Gasteiger partial charge in [0.2, 0.25) is 0 Å². The Kier molecular flexibility index (Phi) is 6.54. The molecule has 0 radical (unpaired) electrons. The molecule has 0 aromatic heterocycles. The lowest BCUT2D eigenvalue weighted by molar-refractivity contribution is 0.342. The summed E-state index contributed by atoms with van der Waals surface area (Å²) in [4.78, 5) is 0. The molecule has 2 heteroatoms. The van der Waals surface area contributed by atoms with Gasteiger partial charge in [-0.2, -0.15) is 5.26 Å². The first kappa shape index (κ1) is 8.19. The van der Waals surface area contributed by atoms with E-state index in [4.69, 9.17) is 10.4 Å². The molecule has 0 aromatic rings. The van der Waals surface area contributed by atoms with Crippen molar-refractivity contribution in [1.82, 2.24) is 0 Å². The van der Waals surface area contributed by atoms with Gasteiger partial charge >= 0.3 is 0 Å². The summed E-state index contributed by atoms with van der Waals surface area (Å²) in [7, 11) is 0. The SMILES string of the molecule is N#CCCC/C=C\CO. The number of nitrogens with zero attached hydrogens (tertiary/aromatic N) is 1. The molecule has 1 N–H and O–H groups in total. The van der Waals surface area contributed by atoms with Crippen molar-refractivity contribution >= 4 is 0 Å². The van der Waals surface area contributed by atoms with Gasteiger partial charge in [-0.3, -0.25) is 0 Å². The van der Waals surface area contributed by atoms with Gasteiger partial charge in [-0.1, -0.05) is 12.2 Å². The van der Waals surface area contributed by atoms with Crippen molar-refractivity contribution in [3.05, 3.63) is 12.2 Å². The standard InChI is InChI=1S/C7H11NO/c8-6-4-2-1-3-5-7-9/h3,5,9H,1-2,4,7H2/b5-3-. The average molecular weight is 125 g/mol. The largest absolute Gasteiger partial charge is 0.392 e. The van der Waals surface area contributed by atoms with E-state index in [-0.39, 0.29) is 6.61 Å². The second-order valence-corrected chi connectivity index (χ2v) is 1.70. The van der Waals surface area contributed by atoms with Crippen molar-refractivity contribution in [2.45, 2.75) is 19.3 Å². The first-order valence-electron chi connectivity index (χ1n) is 3.04. The Labute approximate surface area is 55.4 Å². The maximum Gasteiger partial charge on any atom is 0.0621 e. The van der Waals surface area contributed by atoms with Crippen LogP contribution in [0.5, 0.6) is 0 Å². The monoisotopic (exact) mass is 125 g/mol. The van der Waals surface area contributed by atoms with E-state index in [9.17, 15) is 0 Å². The van der Waals surface area contributed by atoms with Crippen molar-refractivity contribution in [2.75, 3.05) is 6.61 Å². The van der Waals surface area contributed by atoms with Crippen LogP contribution in [-0.4, -0.2) is 11.7 Å². The number of rotatable bonds is 4. The van der Waals surface area contributed by atoms with Gasteiger partial charge < -0.3 is 5.11 Å². The van der Waals surface area contributed by atoms with Gasteiger partial charge in [-0.25, -0.2) is 0 Å². The van der Waals surface area contributed by atoms with Crippen LogP contribution in [0.25, 0.3) is 0 Å². The number of hydrogen-bond acceptors (Lipinski definition) is 2. The van der Waals surface area contributed by atoms with Gasteiger partial charge in [0.1, 0.15) is 0 Å². The van der Waals surface area contributed by atoms with E-state index in [1.165, 1.54) is 0 Å². The van der Waals surface area contributed by atoms with Crippen LogP contribution in [0.2, 0.25) is 0 Å². The number of allylic oxidation sites excluding steroid dienone is 1. The highest BCUT2D eigenvalue weighted by Crippen LogP contribution is 1.93. The molecule has 0 aliphatic heterocycles. The topological polar surface area (TPSA) is 44.0 Å². The van der Waals surface area contributed by atoms with E-state index in [1.807, 2.05) is 12.1 Å². The Morgan fingerprint density at radius 2 is 2.22 bits per heavy atom. The molecular weight excluding hydrogens is 114 g/mol. The molecule has 50 valence electrons. The van der Waals surface area contributed by atoms with Crippen LogP contribution >= 0.6 is 0 Å². The van der Waals surface area contributed by atoms with Gasteiger partial charge in [0.15, 0.2) is 0 Å². The fraction of sp³-hybridized carbons (Fsp3) is 0.571. The zero-order valence-electron chi connectivity index (χ0n) is 5.38. The molecule has 0 aromatic carbocycles. The van der Waals surface area contributed by atoms with Crippen LogP contribution in [0.1, 0.15) is 19.3 Å². The third-order valence-electron chi connectivity index (χ3n) is 0.931. The van der Waals surface area contributed by atoms with E-state index in [1.54, 1.807) is 6.08 Å². The molecule has 2 nitrogen and oxygen atoms in total. The highest BCUT2D eigenvalue weighted by Gasteiger charge is 1.79. The second-order valence-electron chi connectivity index (χ2n) is 1.70. The summed E-state index contributed by atoms with van der Waals surface area (Å²) >= 11 is 0. The Bertz CT molecular complexity index is 113. The lowest BCUT2D eigenvalue weighted by atomic mass is 10.2. The summed E-state index contributed by atoms with van der Waals surface area (Å²) in [6.07, 6.45) is 5.98. The smallest absolute Gasteiger partial charge is 0.0621 e. The van der Waals surface area contributed by atoms with Crippen LogP contribution in [0.15, 0.2) is 12.2 Å². The third kappa shape index (κ3) is 7.19. The highest BCUT2D eigenvalue weighted by atomic mass is 16.2. The minimum Gasteiger partial charge on any atom is -0.392 e. The van der Waals surface area contributed by atoms with E-state index < -0.39 is 0 Å². The Hall–Kier alpha value is -0.810. The second kappa shape index (κ2) is 7.19. The Balaban J connectivity index is 2.92. The lowest BCUT2D eigenvalue weighted by Crippen LogP contribution is -1.72. The molecule has 0 heterocycles. The number of aliphatic hydroxyl groups excluding tert-OH is 1. The normalized spacial score (nSPS) is 9.78. The summed E-state index contributed by atoms with van der Waals surface area (Å²) in [5.74, 6) is 0. The van der Waals surface area contributed by atoms with Crippen LogP contribution in [0, 0.1) is 11.3 Å². The van der Waals surface area contributed by atoms with Gasteiger partial charge in [-0.15, -0.1) is 0 Å². The summed E-state index contributed by atoms with van der Waals surface area (Å²) < 4.78 is 0. The molecule has 0 saturated carbocycles. The van der Waals surface area contributed by atoms with E-state index >= 15 is 0 Å². The summed E-state index contributed by atoms with van der Waals surface area (Å²) in [6, 6.07) is 2.05. The summed E-state index contributed by atoms with van der Waals surface area (Å²) in [5, 5.41) is 16.4. The molecule has 0 unspecified atom stereocenters. The number of unbranched alkanes of at least 4 members (excludes halogenated alkanes) is 2. The van der Waals surface area contributed by atoms with Crippen molar-refractivity contribution in [3.63, 3.8) is 0 Å². The molecule has 0 atom stereocenters. The Morgan fingerprint density at radius 1 is 1.44 bits per heavy atom. The molecule has 0 spiro atoms. The molecule has 0 rings (SSSR count). The maximum atomic E-state index is 8.27. The molecule has 9 heavy (non-hydrogen) atoms. The zero-order chi connectivity index (χ0) is 6.95. The van der Waals surface area contributed by atoms with Gasteiger partial charge in [-0.05, 0) is 12.8 Å². The van der Waals surface area contributed by atoms with E-state index in [2.05, 4.69) is 0 Å². The van der Waals surface area contributed by atoms with Crippen LogP contribution in [0.4, 0.5) is 0 Å². The quantitative estimate of drug-likeness (QED) is 0.453. The van der Waals surface area contributed by atoms with Crippen molar-refractivity contribution < 1.29 is 5.11 Å². The molecule has 0 saturated heterocycles. The third-order valence-corrected chi connectivity index (χ3v) is 0.931. The predicted molar refractivity (Wildman–Crippen MR) is 35.7 cm³/mol.